The van der Waals surface area contributed by atoms with Crippen LogP contribution < -0.4 is 0 Å². The number of amides is 2. The van der Waals surface area contributed by atoms with E-state index in [1.54, 1.807) is 12.1 Å². The monoisotopic (exact) mass is 401 g/mol. The molecule has 1 aromatic rings. The summed E-state index contributed by atoms with van der Waals surface area (Å²) >= 11 is 0. The molecule has 0 saturated carbocycles. The molecule has 0 unspecified atom stereocenters. The summed E-state index contributed by atoms with van der Waals surface area (Å²) in [5.41, 5.74) is 0.173. The molecule has 0 N–H and O–H groups in total. The first-order chi connectivity index (χ1) is 14.1. The Morgan fingerprint density at radius 3 is 2.48 bits per heavy atom. The minimum Gasteiger partial charge on any atom is -0.342 e. The molecule has 5 nitrogen and oxygen atoms in total. The van der Waals surface area contributed by atoms with Gasteiger partial charge in [0.05, 0.1) is 12.0 Å². The van der Waals surface area contributed by atoms with Crippen molar-refractivity contribution < 1.29 is 14.0 Å². The molecule has 4 rings (SSSR count). The lowest BCUT2D eigenvalue weighted by Crippen LogP contribution is -2.50. The minimum atomic E-state index is -0.400. The van der Waals surface area contributed by atoms with E-state index in [-0.39, 0.29) is 17.6 Å². The highest BCUT2D eigenvalue weighted by Gasteiger charge is 2.48. The van der Waals surface area contributed by atoms with Crippen LogP contribution in [-0.2, 0) is 16.1 Å². The second-order valence-electron chi connectivity index (χ2n) is 8.96. The lowest BCUT2D eigenvalue weighted by molar-refractivity contribution is -0.146. The van der Waals surface area contributed by atoms with Crippen molar-refractivity contribution in [2.24, 2.45) is 5.41 Å². The first kappa shape index (κ1) is 20.3. The molecule has 3 fully saturated rings. The average molecular weight is 402 g/mol. The molecule has 1 atom stereocenters. The second-order valence-corrected chi connectivity index (χ2v) is 8.96. The Labute approximate surface area is 172 Å². The minimum absolute atomic E-state index is 0.136. The summed E-state index contributed by atoms with van der Waals surface area (Å²) in [6, 6.07) is 6.69. The zero-order valence-corrected chi connectivity index (χ0v) is 17.2. The predicted octanol–water partition coefficient (Wildman–Crippen LogP) is 3.04. The van der Waals surface area contributed by atoms with Gasteiger partial charge in [0.2, 0.25) is 11.8 Å². The molecule has 3 aliphatic rings. The van der Waals surface area contributed by atoms with E-state index in [2.05, 4.69) is 4.90 Å². The summed E-state index contributed by atoms with van der Waals surface area (Å²) in [4.78, 5) is 32.1. The quantitative estimate of drug-likeness (QED) is 0.779. The van der Waals surface area contributed by atoms with Crippen LogP contribution in [0.25, 0.3) is 0 Å². The lowest BCUT2D eigenvalue weighted by atomic mass is 9.78. The van der Waals surface area contributed by atoms with Gasteiger partial charge >= 0.3 is 0 Å². The smallest absolute Gasteiger partial charge is 0.236 e. The topological polar surface area (TPSA) is 43.9 Å². The third-order valence-corrected chi connectivity index (χ3v) is 6.89. The molecule has 1 spiro atoms. The molecule has 0 bridgehead atoms. The van der Waals surface area contributed by atoms with Gasteiger partial charge in [-0.05, 0) is 44.7 Å². The Morgan fingerprint density at radius 2 is 1.72 bits per heavy atom. The van der Waals surface area contributed by atoms with Crippen LogP contribution in [0.15, 0.2) is 24.3 Å². The number of likely N-dealkylation sites (tertiary alicyclic amines) is 3. The molecule has 2 amide bonds. The molecule has 0 aromatic heterocycles. The van der Waals surface area contributed by atoms with Crippen LogP contribution in [0.5, 0.6) is 0 Å². The van der Waals surface area contributed by atoms with Crippen LogP contribution in [0.3, 0.4) is 0 Å². The van der Waals surface area contributed by atoms with E-state index in [0.717, 1.165) is 51.7 Å². The molecule has 0 radical (unpaired) electrons. The zero-order valence-electron chi connectivity index (χ0n) is 17.2. The summed E-state index contributed by atoms with van der Waals surface area (Å²) in [7, 11) is 0. The van der Waals surface area contributed by atoms with E-state index in [1.807, 2.05) is 15.9 Å². The van der Waals surface area contributed by atoms with Gasteiger partial charge in [-0.15, -0.1) is 0 Å². The molecule has 3 aliphatic heterocycles. The maximum atomic E-state index is 14.1. The SMILES string of the molecule is O=C(CN1CC[C@@]2(CCCN(Cc3ccccc3F)C2=O)C1)N1CCCCCC1. The molecule has 158 valence electrons. The number of piperidine rings is 1. The number of nitrogens with zero attached hydrogens (tertiary/aromatic N) is 3. The van der Waals surface area contributed by atoms with Crippen LogP contribution >= 0.6 is 0 Å². The maximum Gasteiger partial charge on any atom is 0.236 e. The number of benzene rings is 1. The molecule has 3 saturated heterocycles. The van der Waals surface area contributed by atoms with Crippen molar-refractivity contribution in [2.45, 2.75) is 51.5 Å². The largest absolute Gasteiger partial charge is 0.342 e. The molecule has 6 heteroatoms. The zero-order chi connectivity index (χ0) is 20.3. The van der Waals surface area contributed by atoms with Crippen molar-refractivity contribution in [1.29, 1.82) is 0 Å². The number of hydrogen-bond acceptors (Lipinski definition) is 3. The lowest BCUT2D eigenvalue weighted by Gasteiger charge is -2.39. The van der Waals surface area contributed by atoms with E-state index in [9.17, 15) is 14.0 Å². The van der Waals surface area contributed by atoms with Gasteiger partial charge in [0.25, 0.3) is 0 Å². The standard InChI is InChI=1S/C23H32FN3O2/c24-20-9-4-3-8-19(20)16-27-14-7-10-23(22(27)29)11-15-25(18-23)17-21(28)26-12-5-1-2-6-13-26/h3-4,8-9H,1-2,5-7,10-18H2/t23-/m0/s1. The van der Waals surface area contributed by atoms with Crippen molar-refractivity contribution in [3.63, 3.8) is 0 Å². The molecule has 3 heterocycles. The summed E-state index contributed by atoms with van der Waals surface area (Å²) in [5.74, 6) is 0.0863. The molecule has 29 heavy (non-hydrogen) atoms. The summed E-state index contributed by atoms with van der Waals surface area (Å²) in [6.07, 6.45) is 7.22. The van der Waals surface area contributed by atoms with Gasteiger partial charge in [-0.25, -0.2) is 4.39 Å². The van der Waals surface area contributed by atoms with Gasteiger partial charge in [0.15, 0.2) is 0 Å². The summed E-state index contributed by atoms with van der Waals surface area (Å²) in [6.45, 7) is 4.61. The summed E-state index contributed by atoms with van der Waals surface area (Å²) in [5, 5.41) is 0. The van der Waals surface area contributed by atoms with Gasteiger partial charge < -0.3 is 9.80 Å². The van der Waals surface area contributed by atoms with E-state index < -0.39 is 5.41 Å². The van der Waals surface area contributed by atoms with Crippen molar-refractivity contribution in [3.05, 3.63) is 35.6 Å². The number of rotatable bonds is 4. The van der Waals surface area contributed by atoms with Gasteiger partial charge in [-0.2, -0.15) is 0 Å². The Morgan fingerprint density at radius 1 is 0.966 bits per heavy atom. The van der Waals surface area contributed by atoms with Crippen molar-refractivity contribution >= 4 is 11.8 Å². The third-order valence-electron chi connectivity index (χ3n) is 6.89. The highest BCUT2D eigenvalue weighted by Crippen LogP contribution is 2.40. The van der Waals surface area contributed by atoms with Gasteiger partial charge in [0.1, 0.15) is 5.82 Å². The van der Waals surface area contributed by atoms with Crippen LogP contribution in [0, 0.1) is 11.2 Å². The van der Waals surface area contributed by atoms with E-state index in [4.69, 9.17) is 0 Å². The molecular formula is C23H32FN3O2. The Hall–Kier alpha value is -1.95. The van der Waals surface area contributed by atoms with Crippen LogP contribution in [0.4, 0.5) is 4.39 Å². The summed E-state index contributed by atoms with van der Waals surface area (Å²) < 4.78 is 14.1. The first-order valence-corrected chi connectivity index (χ1v) is 11.1. The predicted molar refractivity (Wildman–Crippen MR) is 110 cm³/mol. The van der Waals surface area contributed by atoms with Gasteiger partial charge in [-0.1, -0.05) is 31.0 Å². The highest BCUT2D eigenvalue weighted by molar-refractivity contribution is 5.84. The fourth-order valence-corrected chi connectivity index (χ4v) is 5.22. The first-order valence-electron chi connectivity index (χ1n) is 11.1. The number of carbonyl (C=O) groups is 2. The Balaban J connectivity index is 1.37. The third kappa shape index (κ3) is 4.47. The van der Waals surface area contributed by atoms with E-state index in [0.29, 0.717) is 31.7 Å². The van der Waals surface area contributed by atoms with Crippen molar-refractivity contribution in [2.75, 3.05) is 39.3 Å². The van der Waals surface area contributed by atoms with Crippen molar-refractivity contribution in [1.82, 2.24) is 14.7 Å². The average Bonchev–Trinajstić information content (AvgIpc) is 2.92. The fourth-order valence-electron chi connectivity index (χ4n) is 5.22. The normalized spacial score (nSPS) is 26.2. The molecule has 1 aromatic carbocycles. The van der Waals surface area contributed by atoms with Crippen LogP contribution in [-0.4, -0.2) is 65.8 Å². The number of carbonyl (C=O) groups excluding carboxylic acids is 2. The number of halogens is 1. The van der Waals surface area contributed by atoms with E-state index >= 15 is 0 Å². The molecular weight excluding hydrogens is 369 g/mol. The second kappa shape index (κ2) is 8.82. The van der Waals surface area contributed by atoms with Crippen LogP contribution in [0.2, 0.25) is 0 Å². The van der Waals surface area contributed by atoms with Crippen molar-refractivity contribution in [3.8, 4) is 0 Å². The fraction of sp³-hybridized carbons (Fsp3) is 0.652. The molecule has 0 aliphatic carbocycles. The van der Waals surface area contributed by atoms with E-state index in [1.165, 1.54) is 18.9 Å². The Bertz CT molecular complexity index is 747. The van der Waals surface area contributed by atoms with Gasteiger partial charge in [-0.3, -0.25) is 14.5 Å². The van der Waals surface area contributed by atoms with Gasteiger partial charge in [0, 0.05) is 38.3 Å². The highest BCUT2D eigenvalue weighted by atomic mass is 19.1. The van der Waals surface area contributed by atoms with Crippen LogP contribution in [0.1, 0.15) is 50.5 Å². The Kier molecular flexibility index (Phi) is 6.18. The number of hydrogen-bond donors (Lipinski definition) is 0. The maximum absolute atomic E-state index is 14.1.